The number of rotatable bonds is 10. The van der Waals surface area contributed by atoms with Crippen molar-refractivity contribution >= 4 is 23.5 Å². The van der Waals surface area contributed by atoms with Crippen LogP contribution in [-0.2, 0) is 0 Å². The summed E-state index contributed by atoms with van der Waals surface area (Å²) in [6.07, 6.45) is 10.6. The second-order valence-corrected chi connectivity index (χ2v) is 16.8. The van der Waals surface area contributed by atoms with E-state index in [1.54, 1.807) is 47.8 Å². The van der Waals surface area contributed by atoms with Gasteiger partial charge in [0.1, 0.15) is 23.0 Å². The average molecular weight is 655 g/mol. The molecule has 0 radical (unpaired) electrons. The Hall–Kier alpha value is -2.18. The lowest BCUT2D eigenvalue weighted by atomic mass is 9.67. The molecule has 0 heterocycles. The van der Waals surface area contributed by atoms with Crippen LogP contribution in [0.15, 0.2) is 59.4 Å². The minimum absolute atomic E-state index is 0.244. The van der Waals surface area contributed by atoms with Gasteiger partial charge >= 0.3 is 0 Å². The number of aromatic hydroxyl groups is 4. The van der Waals surface area contributed by atoms with Crippen molar-refractivity contribution in [1.29, 1.82) is 0 Å². The molecule has 7 atom stereocenters. The Morgan fingerprint density at radius 3 is 1.44 bits per heavy atom. The second kappa shape index (κ2) is 17.1. The number of phenols is 4. The van der Waals surface area contributed by atoms with Crippen LogP contribution in [0.3, 0.4) is 0 Å². The zero-order valence-electron chi connectivity index (χ0n) is 28.6. The first kappa shape index (κ1) is 37.3. The van der Waals surface area contributed by atoms with E-state index >= 15 is 0 Å². The smallest absolute Gasteiger partial charge is 0.123 e. The molecule has 0 aliphatic heterocycles. The first-order valence-electron chi connectivity index (χ1n) is 16.9. The van der Waals surface area contributed by atoms with Gasteiger partial charge in [0.05, 0.1) is 0 Å². The minimum Gasteiger partial charge on any atom is -0.507 e. The van der Waals surface area contributed by atoms with E-state index in [0.717, 1.165) is 39.5 Å². The van der Waals surface area contributed by atoms with Gasteiger partial charge in [0.2, 0.25) is 0 Å². The minimum atomic E-state index is 0.244. The summed E-state index contributed by atoms with van der Waals surface area (Å²) in [4.78, 5) is 1.78. The molecule has 250 valence electrons. The lowest BCUT2D eigenvalue weighted by Crippen LogP contribution is -2.26. The zero-order valence-corrected chi connectivity index (χ0v) is 30.3. The van der Waals surface area contributed by atoms with E-state index in [1.807, 2.05) is 12.2 Å². The van der Waals surface area contributed by atoms with Gasteiger partial charge in [-0.25, -0.2) is 0 Å². The van der Waals surface area contributed by atoms with Crippen LogP contribution in [0.5, 0.6) is 23.0 Å². The molecule has 0 amide bonds. The predicted molar refractivity (Wildman–Crippen MR) is 194 cm³/mol. The molecule has 0 spiro atoms. The maximum Gasteiger partial charge on any atom is 0.123 e. The molecule has 2 aromatic carbocycles. The summed E-state index contributed by atoms with van der Waals surface area (Å²) in [6.45, 7) is 23.1. The Labute approximate surface area is 281 Å². The van der Waals surface area contributed by atoms with Gasteiger partial charge in [0.25, 0.3) is 0 Å². The van der Waals surface area contributed by atoms with Gasteiger partial charge in [-0.15, -0.1) is 36.7 Å². The van der Waals surface area contributed by atoms with Gasteiger partial charge in [-0.05, 0) is 104 Å². The van der Waals surface area contributed by atoms with Gasteiger partial charge in [0, 0.05) is 31.9 Å². The maximum absolute atomic E-state index is 10.6. The molecule has 0 bridgehead atoms. The number of phenolic OH excluding ortho intramolecular Hbond substituents is 4. The number of hydrogen-bond acceptors (Lipinski definition) is 6. The van der Waals surface area contributed by atoms with E-state index in [-0.39, 0.29) is 40.1 Å². The lowest BCUT2D eigenvalue weighted by molar-refractivity contribution is 0.191. The highest BCUT2D eigenvalue weighted by molar-refractivity contribution is 8.00. The Balaban J connectivity index is 0.000000246. The Morgan fingerprint density at radius 2 is 1.09 bits per heavy atom. The largest absolute Gasteiger partial charge is 0.507 e. The highest BCUT2D eigenvalue weighted by atomic mass is 32.2. The Morgan fingerprint density at radius 1 is 0.689 bits per heavy atom. The second-order valence-electron chi connectivity index (χ2n) is 14.3. The summed E-state index contributed by atoms with van der Waals surface area (Å²) in [5, 5.41) is 42.5. The van der Waals surface area contributed by atoms with E-state index in [9.17, 15) is 20.4 Å². The van der Waals surface area contributed by atoms with Crippen molar-refractivity contribution in [3.8, 4) is 23.0 Å². The molecule has 2 fully saturated rings. The van der Waals surface area contributed by atoms with Gasteiger partial charge < -0.3 is 20.4 Å². The molecular weight excluding hydrogens is 597 g/mol. The molecule has 2 aliphatic carbocycles. The summed E-state index contributed by atoms with van der Waals surface area (Å²) >= 11 is 3.17. The van der Waals surface area contributed by atoms with E-state index in [0.29, 0.717) is 35.5 Å². The molecule has 4 nitrogen and oxygen atoms in total. The Bertz CT molecular complexity index is 1230. The predicted octanol–water partition coefficient (Wildman–Crippen LogP) is 11.5. The molecule has 2 saturated carbocycles. The fraction of sp³-hybridized carbons (Fsp3) is 0.590. The molecule has 4 N–H and O–H groups in total. The van der Waals surface area contributed by atoms with Gasteiger partial charge in [-0.3, -0.25) is 0 Å². The van der Waals surface area contributed by atoms with E-state index < -0.39 is 0 Å². The molecule has 0 aromatic heterocycles. The SMILES string of the molecule is C=CC(C)Sc1cc(O)c(C2CC(C)CCC2C(C)C)c(O)c1.C=CCSc1cc(O)c(C2CC(C)CCC2C(C)C)c(O)c1. The van der Waals surface area contributed by atoms with Crippen LogP contribution >= 0.6 is 23.5 Å². The van der Waals surface area contributed by atoms with Crippen molar-refractivity contribution in [2.45, 2.75) is 114 Å². The van der Waals surface area contributed by atoms with Crippen molar-refractivity contribution in [3.63, 3.8) is 0 Å². The maximum atomic E-state index is 10.6. The molecule has 45 heavy (non-hydrogen) atoms. The number of hydrogen-bond donors (Lipinski definition) is 4. The van der Waals surface area contributed by atoms with Crippen LogP contribution in [0, 0.1) is 35.5 Å². The quantitative estimate of drug-likeness (QED) is 0.151. The molecule has 2 aliphatic rings. The summed E-state index contributed by atoms with van der Waals surface area (Å²) in [7, 11) is 0. The molecule has 6 heteroatoms. The zero-order chi connectivity index (χ0) is 33.4. The van der Waals surface area contributed by atoms with Crippen molar-refractivity contribution in [3.05, 3.63) is 60.7 Å². The van der Waals surface area contributed by atoms with Crippen molar-refractivity contribution in [2.24, 2.45) is 35.5 Å². The van der Waals surface area contributed by atoms with Crippen LogP contribution in [-0.4, -0.2) is 31.4 Å². The van der Waals surface area contributed by atoms with Gasteiger partial charge in [-0.2, -0.15) is 0 Å². The third kappa shape index (κ3) is 9.91. The standard InChI is InChI=1S/C20H30O2S.C19H28O2S/c1-6-14(5)23-15-10-18(21)20(19(22)11-15)17-9-13(4)7-8-16(17)12(2)3;1-5-8-22-14-10-17(20)19(18(21)11-14)16-9-13(4)6-7-15(16)12(2)3/h6,10-14,16-17,21-22H,1,7-9H2,2-5H3;5,10-13,15-16,20-21H,1,6-9H2,2-4H3. The summed E-state index contributed by atoms with van der Waals surface area (Å²) in [6, 6.07) is 7.19. The van der Waals surface area contributed by atoms with Gasteiger partial charge in [0.15, 0.2) is 0 Å². The summed E-state index contributed by atoms with van der Waals surface area (Å²) in [5.41, 5.74) is 1.51. The topological polar surface area (TPSA) is 80.9 Å². The van der Waals surface area contributed by atoms with E-state index in [4.69, 9.17) is 0 Å². The van der Waals surface area contributed by atoms with Crippen LogP contribution in [0.25, 0.3) is 0 Å². The number of thioether (sulfide) groups is 2. The van der Waals surface area contributed by atoms with Crippen LogP contribution in [0.1, 0.15) is 110 Å². The summed E-state index contributed by atoms with van der Waals surface area (Å²) in [5.74, 6) is 5.71. The molecule has 7 unspecified atom stereocenters. The van der Waals surface area contributed by atoms with Crippen LogP contribution < -0.4 is 0 Å². The van der Waals surface area contributed by atoms with Gasteiger partial charge in [-0.1, -0.05) is 66.5 Å². The van der Waals surface area contributed by atoms with Crippen LogP contribution in [0.2, 0.25) is 0 Å². The van der Waals surface area contributed by atoms with Crippen molar-refractivity contribution in [2.75, 3.05) is 5.75 Å². The summed E-state index contributed by atoms with van der Waals surface area (Å²) < 4.78 is 0. The molecular formula is C39H58O4S2. The third-order valence-corrected chi connectivity index (χ3v) is 12.1. The average Bonchev–Trinajstić information content (AvgIpc) is 2.95. The van der Waals surface area contributed by atoms with Crippen molar-refractivity contribution < 1.29 is 20.4 Å². The lowest BCUT2D eigenvalue weighted by Gasteiger charge is -2.38. The van der Waals surface area contributed by atoms with Crippen molar-refractivity contribution in [1.82, 2.24) is 0 Å². The molecule has 4 rings (SSSR count). The first-order valence-corrected chi connectivity index (χ1v) is 18.8. The molecule has 0 saturated heterocycles. The first-order chi connectivity index (χ1) is 21.3. The van der Waals surface area contributed by atoms with Crippen LogP contribution in [0.4, 0.5) is 0 Å². The highest BCUT2D eigenvalue weighted by Crippen LogP contribution is 2.51. The van der Waals surface area contributed by atoms with E-state index in [1.165, 1.54) is 25.7 Å². The highest BCUT2D eigenvalue weighted by Gasteiger charge is 2.36. The Kier molecular flexibility index (Phi) is 14.2. The fourth-order valence-corrected chi connectivity index (χ4v) is 9.18. The fourth-order valence-electron chi connectivity index (χ4n) is 7.59. The normalized spacial score (nSPS) is 25.8. The van der Waals surface area contributed by atoms with E-state index in [2.05, 4.69) is 61.6 Å². The monoisotopic (exact) mass is 654 g/mol. The number of benzene rings is 2. The third-order valence-electron chi connectivity index (χ3n) is 10.0. The molecule has 2 aromatic rings.